The van der Waals surface area contributed by atoms with Gasteiger partial charge < -0.3 is 10.6 Å². The van der Waals surface area contributed by atoms with Crippen LogP contribution in [0.15, 0.2) is 23.9 Å². The van der Waals surface area contributed by atoms with E-state index in [9.17, 15) is 4.79 Å². The summed E-state index contributed by atoms with van der Waals surface area (Å²) < 4.78 is 0. The molecule has 0 saturated heterocycles. The summed E-state index contributed by atoms with van der Waals surface area (Å²) in [7, 11) is 2.00. The first-order valence-electron chi connectivity index (χ1n) is 4.84. The molecule has 0 bridgehead atoms. The fourth-order valence-electron chi connectivity index (χ4n) is 1.18. The lowest BCUT2D eigenvalue weighted by Crippen LogP contribution is -2.17. The summed E-state index contributed by atoms with van der Waals surface area (Å²) in [4.78, 5) is 12.6. The Kier molecular flexibility index (Phi) is 5.68. The largest absolute Gasteiger partial charge is 0.375 e. The van der Waals surface area contributed by atoms with E-state index in [-0.39, 0.29) is 5.91 Å². The molecule has 3 heteroatoms. The molecule has 1 amide bonds. The molecule has 0 aliphatic carbocycles. The lowest BCUT2D eigenvalue weighted by molar-refractivity contribution is -0.117. The van der Waals surface area contributed by atoms with Crippen LogP contribution < -0.4 is 5.73 Å². The first-order valence-corrected chi connectivity index (χ1v) is 4.84. The minimum Gasteiger partial charge on any atom is -0.375 e. The van der Waals surface area contributed by atoms with Crippen molar-refractivity contribution < 1.29 is 4.79 Å². The van der Waals surface area contributed by atoms with E-state index in [1.807, 2.05) is 20.0 Å². The molecule has 0 atom stereocenters. The molecule has 0 saturated carbocycles. The van der Waals surface area contributed by atoms with Gasteiger partial charge in [-0.15, -0.1) is 0 Å². The minimum absolute atomic E-state index is 0.263. The van der Waals surface area contributed by atoms with Gasteiger partial charge >= 0.3 is 0 Å². The van der Waals surface area contributed by atoms with Crippen molar-refractivity contribution in [3.8, 4) is 0 Å². The Morgan fingerprint density at radius 3 is 2.50 bits per heavy atom. The topological polar surface area (TPSA) is 46.3 Å². The zero-order valence-electron chi connectivity index (χ0n) is 9.34. The number of carbonyl (C=O) groups is 1. The summed E-state index contributed by atoms with van der Waals surface area (Å²) in [6.45, 7) is 8.86. The van der Waals surface area contributed by atoms with Gasteiger partial charge in [-0.25, -0.2) is 0 Å². The summed E-state index contributed by atoms with van der Waals surface area (Å²) in [6.07, 6.45) is 3.09. The van der Waals surface area contributed by atoms with Crippen molar-refractivity contribution >= 4 is 5.91 Å². The van der Waals surface area contributed by atoms with Gasteiger partial charge in [0.15, 0.2) is 0 Å². The highest BCUT2D eigenvalue weighted by atomic mass is 16.1. The summed E-state index contributed by atoms with van der Waals surface area (Å²) in [5.41, 5.74) is 7.16. The van der Waals surface area contributed by atoms with E-state index in [0.29, 0.717) is 12.8 Å². The Hall–Kier alpha value is -1.25. The Balaban J connectivity index is 4.34. The predicted octanol–water partition coefficient (Wildman–Crippen LogP) is 1.66. The van der Waals surface area contributed by atoms with Crippen LogP contribution in [0, 0.1) is 0 Å². The minimum atomic E-state index is -0.263. The summed E-state index contributed by atoms with van der Waals surface area (Å²) in [5, 5.41) is 0. The zero-order chi connectivity index (χ0) is 11.1. The van der Waals surface area contributed by atoms with Crippen molar-refractivity contribution in [2.24, 2.45) is 5.73 Å². The number of likely N-dealkylation sites (N-methyl/N-ethyl adjacent to an activating group) is 1. The summed E-state index contributed by atoms with van der Waals surface area (Å²) >= 11 is 0. The second-order valence-corrected chi connectivity index (χ2v) is 3.39. The molecule has 0 radical (unpaired) electrons. The number of nitrogens with zero attached hydrogens (tertiary/aromatic N) is 1. The first-order chi connectivity index (χ1) is 6.49. The normalized spacial score (nSPS) is 11.2. The number of hydrogen-bond donors (Lipinski definition) is 1. The fraction of sp³-hybridized carbons (Fsp3) is 0.545. The molecule has 0 aromatic heterocycles. The van der Waals surface area contributed by atoms with Gasteiger partial charge in [0.1, 0.15) is 0 Å². The fourth-order valence-corrected chi connectivity index (χ4v) is 1.18. The van der Waals surface area contributed by atoms with E-state index in [1.165, 1.54) is 0 Å². The molecule has 0 aliphatic rings. The number of rotatable bonds is 6. The van der Waals surface area contributed by atoms with Crippen molar-refractivity contribution in [3.05, 3.63) is 23.9 Å². The van der Waals surface area contributed by atoms with Crippen LogP contribution in [0.2, 0.25) is 0 Å². The zero-order valence-corrected chi connectivity index (χ0v) is 9.34. The van der Waals surface area contributed by atoms with Crippen LogP contribution in [0.4, 0.5) is 0 Å². The highest BCUT2D eigenvalue weighted by Crippen LogP contribution is 2.12. The average Bonchev–Trinajstić information content (AvgIpc) is 2.10. The molecule has 0 fully saturated rings. The third-order valence-corrected chi connectivity index (χ3v) is 2.05. The van der Waals surface area contributed by atoms with Gasteiger partial charge in [-0.1, -0.05) is 12.7 Å². The molecular formula is C11H20N2O. The highest BCUT2D eigenvalue weighted by molar-refractivity contribution is 5.73. The van der Waals surface area contributed by atoms with Crippen molar-refractivity contribution in [2.75, 3.05) is 13.6 Å². The van der Waals surface area contributed by atoms with E-state index < -0.39 is 0 Å². The van der Waals surface area contributed by atoms with E-state index in [2.05, 4.69) is 18.4 Å². The maximum Gasteiger partial charge on any atom is 0.217 e. The summed E-state index contributed by atoms with van der Waals surface area (Å²) in [5.74, 6) is -0.263. The lowest BCUT2D eigenvalue weighted by atomic mass is 10.1. The van der Waals surface area contributed by atoms with E-state index in [0.717, 1.165) is 17.8 Å². The van der Waals surface area contributed by atoms with Gasteiger partial charge in [-0.3, -0.25) is 4.79 Å². The molecule has 0 spiro atoms. The molecule has 0 rings (SSSR count). The van der Waals surface area contributed by atoms with Crippen molar-refractivity contribution in [1.29, 1.82) is 0 Å². The average molecular weight is 196 g/mol. The maximum absolute atomic E-state index is 10.5. The van der Waals surface area contributed by atoms with Crippen LogP contribution in [0.3, 0.4) is 0 Å². The van der Waals surface area contributed by atoms with Crippen LogP contribution >= 0.6 is 0 Å². The summed E-state index contributed by atoms with van der Waals surface area (Å²) in [6, 6.07) is 0. The number of allylic oxidation sites excluding steroid dienone is 2. The number of amides is 1. The number of primary amides is 1. The molecule has 0 heterocycles. The molecule has 0 aromatic rings. The van der Waals surface area contributed by atoms with Gasteiger partial charge in [0, 0.05) is 25.7 Å². The van der Waals surface area contributed by atoms with Crippen molar-refractivity contribution in [3.63, 3.8) is 0 Å². The SMILES string of the molecule is C=C(C)/C(=C\CCC(N)=O)N(C)CC. The van der Waals surface area contributed by atoms with Crippen molar-refractivity contribution in [2.45, 2.75) is 26.7 Å². The number of carbonyl (C=O) groups excluding carboxylic acids is 1. The van der Waals surface area contributed by atoms with Crippen LogP contribution in [0.25, 0.3) is 0 Å². The van der Waals surface area contributed by atoms with E-state index in [4.69, 9.17) is 5.73 Å². The Bertz CT molecular complexity index is 244. The van der Waals surface area contributed by atoms with Crippen LogP contribution in [0.5, 0.6) is 0 Å². The number of nitrogens with two attached hydrogens (primary N) is 1. The molecular weight excluding hydrogens is 176 g/mol. The van der Waals surface area contributed by atoms with Gasteiger partial charge in [0.25, 0.3) is 0 Å². The monoisotopic (exact) mass is 196 g/mol. The third-order valence-electron chi connectivity index (χ3n) is 2.05. The second-order valence-electron chi connectivity index (χ2n) is 3.39. The van der Waals surface area contributed by atoms with Crippen LogP contribution in [0.1, 0.15) is 26.7 Å². The second kappa shape index (κ2) is 6.24. The Morgan fingerprint density at radius 2 is 2.14 bits per heavy atom. The molecule has 2 N–H and O–H groups in total. The maximum atomic E-state index is 10.5. The smallest absolute Gasteiger partial charge is 0.217 e. The standard InChI is InChI=1S/C11H20N2O/c1-5-13(4)10(9(2)3)7-6-8-11(12)14/h7H,2,5-6,8H2,1,3-4H3,(H2,12,14)/b10-7+. The quantitative estimate of drug-likeness (QED) is 0.657. The first kappa shape index (κ1) is 12.8. The Morgan fingerprint density at radius 1 is 1.57 bits per heavy atom. The molecule has 80 valence electrons. The van der Waals surface area contributed by atoms with Gasteiger partial charge in [-0.2, -0.15) is 0 Å². The van der Waals surface area contributed by atoms with E-state index >= 15 is 0 Å². The lowest BCUT2D eigenvalue weighted by Gasteiger charge is -2.21. The van der Waals surface area contributed by atoms with Crippen LogP contribution in [-0.2, 0) is 4.79 Å². The number of hydrogen-bond acceptors (Lipinski definition) is 2. The van der Waals surface area contributed by atoms with E-state index in [1.54, 1.807) is 0 Å². The predicted molar refractivity (Wildman–Crippen MR) is 59.6 cm³/mol. The van der Waals surface area contributed by atoms with Crippen molar-refractivity contribution in [1.82, 2.24) is 4.90 Å². The Labute approximate surface area is 86.3 Å². The molecule has 0 aromatic carbocycles. The van der Waals surface area contributed by atoms with Crippen LogP contribution in [-0.4, -0.2) is 24.4 Å². The molecule has 0 unspecified atom stereocenters. The molecule has 14 heavy (non-hydrogen) atoms. The third kappa shape index (κ3) is 4.70. The van der Waals surface area contributed by atoms with Gasteiger partial charge in [-0.05, 0) is 25.8 Å². The van der Waals surface area contributed by atoms with Gasteiger partial charge in [0.05, 0.1) is 0 Å². The van der Waals surface area contributed by atoms with Gasteiger partial charge in [0.2, 0.25) is 5.91 Å². The highest BCUT2D eigenvalue weighted by Gasteiger charge is 2.02. The molecule has 3 nitrogen and oxygen atoms in total. The molecule has 0 aliphatic heterocycles.